The number of aromatic nitrogens is 1. The van der Waals surface area contributed by atoms with Crippen molar-refractivity contribution in [2.45, 2.75) is 32.1 Å². The van der Waals surface area contributed by atoms with Crippen molar-refractivity contribution < 1.29 is 9.53 Å². The third-order valence-corrected chi connectivity index (χ3v) is 2.63. The van der Waals surface area contributed by atoms with Gasteiger partial charge in [-0.05, 0) is 43.4 Å². The largest absolute Gasteiger partial charge is 0.469 e. The van der Waals surface area contributed by atoms with Gasteiger partial charge in [-0.25, -0.2) is 0 Å². The molecule has 0 aromatic carbocycles. The monoisotopic (exact) mass is 205 g/mol. The molecule has 2 rings (SSSR count). The minimum absolute atomic E-state index is 0.227. The van der Waals surface area contributed by atoms with Crippen LogP contribution in [-0.4, -0.2) is 18.1 Å². The van der Waals surface area contributed by atoms with Gasteiger partial charge in [0.2, 0.25) is 0 Å². The first-order chi connectivity index (χ1) is 7.19. The Hall–Kier alpha value is -1.38. The number of carbonyl (C=O) groups excluding carboxylic acids is 1. The van der Waals surface area contributed by atoms with Gasteiger partial charge in [0.25, 0.3) is 0 Å². The van der Waals surface area contributed by atoms with E-state index >= 15 is 0 Å². The van der Waals surface area contributed by atoms with Crippen LogP contribution in [-0.2, 0) is 16.0 Å². The van der Waals surface area contributed by atoms with Gasteiger partial charge in [-0.15, -0.1) is 0 Å². The fourth-order valence-corrected chi connectivity index (χ4v) is 1.73. The molecule has 0 bridgehead atoms. The van der Waals surface area contributed by atoms with Crippen molar-refractivity contribution >= 4 is 5.97 Å². The number of aryl methyl sites for hydroxylation is 1. The number of pyridine rings is 1. The second-order valence-corrected chi connectivity index (χ2v) is 4.06. The van der Waals surface area contributed by atoms with Gasteiger partial charge < -0.3 is 4.74 Å². The molecule has 1 saturated carbocycles. The zero-order valence-corrected chi connectivity index (χ0v) is 9.12. The van der Waals surface area contributed by atoms with Crippen molar-refractivity contribution in [2.75, 3.05) is 7.11 Å². The third kappa shape index (κ3) is 2.55. The van der Waals surface area contributed by atoms with Crippen LogP contribution in [0.4, 0.5) is 0 Å². The summed E-state index contributed by atoms with van der Waals surface area (Å²) in [6.45, 7) is 1.96. The van der Waals surface area contributed by atoms with Gasteiger partial charge in [0.05, 0.1) is 19.2 Å². The summed E-state index contributed by atoms with van der Waals surface area (Å²) in [7, 11) is 1.40. The standard InChI is InChI=1S/C12H15NO2/c1-8-5-10(9-3-4-9)6-11(13-8)7-12(14)15-2/h5-6,9H,3-4,7H2,1-2H3. The predicted molar refractivity (Wildman–Crippen MR) is 56.7 cm³/mol. The first-order valence-corrected chi connectivity index (χ1v) is 5.23. The summed E-state index contributed by atoms with van der Waals surface area (Å²) in [5.41, 5.74) is 3.13. The number of nitrogens with zero attached hydrogens (tertiary/aromatic N) is 1. The van der Waals surface area contributed by atoms with E-state index in [9.17, 15) is 4.79 Å². The molecule has 0 N–H and O–H groups in total. The van der Waals surface area contributed by atoms with E-state index in [1.807, 2.05) is 13.0 Å². The van der Waals surface area contributed by atoms with Crippen LogP contribution in [0.15, 0.2) is 12.1 Å². The van der Waals surface area contributed by atoms with E-state index in [1.165, 1.54) is 25.5 Å². The molecule has 0 radical (unpaired) electrons. The normalized spacial score (nSPS) is 15.1. The Bertz CT molecular complexity index is 383. The maximum absolute atomic E-state index is 11.1. The second kappa shape index (κ2) is 4.01. The molecule has 1 heterocycles. The lowest BCUT2D eigenvalue weighted by Gasteiger charge is -2.05. The minimum atomic E-state index is -0.227. The summed E-state index contributed by atoms with van der Waals surface area (Å²) < 4.78 is 4.63. The lowest BCUT2D eigenvalue weighted by atomic mass is 10.1. The lowest BCUT2D eigenvalue weighted by Crippen LogP contribution is -2.07. The molecule has 0 atom stereocenters. The van der Waals surface area contributed by atoms with E-state index in [2.05, 4.69) is 15.8 Å². The highest BCUT2D eigenvalue weighted by atomic mass is 16.5. The van der Waals surface area contributed by atoms with Crippen LogP contribution in [0.3, 0.4) is 0 Å². The number of rotatable bonds is 3. The quantitative estimate of drug-likeness (QED) is 0.708. The van der Waals surface area contributed by atoms with Crippen LogP contribution < -0.4 is 0 Å². The lowest BCUT2D eigenvalue weighted by molar-refractivity contribution is -0.139. The molecule has 1 aromatic heterocycles. The second-order valence-electron chi connectivity index (χ2n) is 4.06. The Morgan fingerprint density at radius 3 is 2.87 bits per heavy atom. The molecule has 3 heteroatoms. The Labute approximate surface area is 89.5 Å². The van der Waals surface area contributed by atoms with Crippen LogP contribution in [0.1, 0.15) is 35.7 Å². The molecular weight excluding hydrogens is 190 g/mol. The summed E-state index contributed by atoms with van der Waals surface area (Å²) in [6.07, 6.45) is 2.81. The van der Waals surface area contributed by atoms with E-state index < -0.39 is 0 Å². The van der Waals surface area contributed by atoms with Gasteiger partial charge in [-0.1, -0.05) is 0 Å². The number of hydrogen-bond donors (Lipinski definition) is 0. The van der Waals surface area contributed by atoms with Crippen LogP contribution in [0, 0.1) is 6.92 Å². The first-order valence-electron chi connectivity index (χ1n) is 5.23. The van der Waals surface area contributed by atoms with Gasteiger partial charge in [-0.2, -0.15) is 0 Å². The fraction of sp³-hybridized carbons (Fsp3) is 0.500. The van der Waals surface area contributed by atoms with Crippen molar-refractivity contribution in [2.24, 2.45) is 0 Å². The Balaban J connectivity index is 2.19. The number of carbonyl (C=O) groups is 1. The van der Waals surface area contributed by atoms with Crippen molar-refractivity contribution in [1.82, 2.24) is 4.98 Å². The molecule has 15 heavy (non-hydrogen) atoms. The highest BCUT2D eigenvalue weighted by Gasteiger charge is 2.24. The van der Waals surface area contributed by atoms with Crippen molar-refractivity contribution in [3.8, 4) is 0 Å². The van der Waals surface area contributed by atoms with E-state index in [0.29, 0.717) is 5.92 Å². The SMILES string of the molecule is COC(=O)Cc1cc(C2CC2)cc(C)n1. The van der Waals surface area contributed by atoms with Crippen LogP contribution in [0.2, 0.25) is 0 Å². The molecule has 1 aliphatic carbocycles. The Morgan fingerprint density at radius 2 is 2.27 bits per heavy atom. The molecule has 0 saturated heterocycles. The minimum Gasteiger partial charge on any atom is -0.469 e. The predicted octanol–water partition coefficient (Wildman–Crippen LogP) is 1.98. The molecule has 0 aliphatic heterocycles. The molecule has 1 aliphatic rings. The molecular formula is C12H15NO2. The van der Waals surface area contributed by atoms with E-state index in [4.69, 9.17) is 0 Å². The van der Waals surface area contributed by atoms with Crippen molar-refractivity contribution in [3.63, 3.8) is 0 Å². The summed E-state index contributed by atoms with van der Waals surface area (Å²) in [6, 6.07) is 4.14. The Kier molecular flexibility index (Phi) is 2.71. The van der Waals surface area contributed by atoms with Gasteiger partial charge in [0.1, 0.15) is 0 Å². The smallest absolute Gasteiger partial charge is 0.311 e. The highest BCUT2D eigenvalue weighted by Crippen LogP contribution is 2.40. The molecule has 0 amide bonds. The summed E-state index contributed by atoms with van der Waals surface area (Å²) in [5.74, 6) is 0.470. The number of methoxy groups -OCH3 is 1. The van der Waals surface area contributed by atoms with Gasteiger partial charge >= 0.3 is 5.97 Å². The van der Waals surface area contributed by atoms with Crippen LogP contribution >= 0.6 is 0 Å². The van der Waals surface area contributed by atoms with E-state index in [0.717, 1.165) is 11.4 Å². The fourth-order valence-electron chi connectivity index (χ4n) is 1.73. The third-order valence-electron chi connectivity index (χ3n) is 2.63. The molecule has 80 valence electrons. The van der Waals surface area contributed by atoms with Crippen molar-refractivity contribution in [3.05, 3.63) is 29.1 Å². The Morgan fingerprint density at radius 1 is 1.53 bits per heavy atom. The zero-order valence-electron chi connectivity index (χ0n) is 9.12. The van der Waals surface area contributed by atoms with Gasteiger partial charge in [-0.3, -0.25) is 9.78 Å². The average molecular weight is 205 g/mol. The molecule has 3 nitrogen and oxygen atoms in total. The van der Waals surface area contributed by atoms with Crippen LogP contribution in [0.25, 0.3) is 0 Å². The summed E-state index contributed by atoms with van der Waals surface area (Å²) in [4.78, 5) is 15.5. The van der Waals surface area contributed by atoms with Gasteiger partial charge in [0, 0.05) is 5.69 Å². The van der Waals surface area contributed by atoms with Gasteiger partial charge in [0.15, 0.2) is 0 Å². The average Bonchev–Trinajstić information content (AvgIpc) is 2.99. The zero-order chi connectivity index (χ0) is 10.8. The molecule has 0 spiro atoms. The summed E-state index contributed by atoms with van der Waals surface area (Å²) in [5, 5.41) is 0. The van der Waals surface area contributed by atoms with E-state index in [-0.39, 0.29) is 12.4 Å². The first kappa shape index (κ1) is 10.1. The van der Waals surface area contributed by atoms with Crippen LogP contribution in [0.5, 0.6) is 0 Å². The summed E-state index contributed by atoms with van der Waals surface area (Å²) >= 11 is 0. The topological polar surface area (TPSA) is 39.2 Å². The van der Waals surface area contributed by atoms with Crippen molar-refractivity contribution in [1.29, 1.82) is 0 Å². The maximum Gasteiger partial charge on any atom is 0.311 e. The van der Waals surface area contributed by atoms with E-state index in [1.54, 1.807) is 0 Å². The number of ether oxygens (including phenoxy) is 1. The number of hydrogen-bond acceptors (Lipinski definition) is 3. The highest BCUT2D eigenvalue weighted by molar-refractivity contribution is 5.71. The molecule has 0 unspecified atom stereocenters. The molecule has 1 aromatic rings. The maximum atomic E-state index is 11.1. The number of esters is 1. The molecule has 1 fully saturated rings.